The molecular formula is C22H18FN7O. The van der Waals surface area contributed by atoms with Crippen LogP contribution in [0, 0.1) is 5.82 Å². The van der Waals surface area contributed by atoms with E-state index in [4.69, 9.17) is 5.73 Å². The summed E-state index contributed by atoms with van der Waals surface area (Å²) in [6, 6.07) is 14.1. The molecule has 0 bridgehead atoms. The van der Waals surface area contributed by atoms with Crippen LogP contribution in [0.3, 0.4) is 0 Å². The van der Waals surface area contributed by atoms with Gasteiger partial charge in [-0.2, -0.15) is 9.78 Å². The first-order valence-corrected chi connectivity index (χ1v) is 9.57. The Labute approximate surface area is 176 Å². The number of nitrogens with zero attached hydrogens (tertiary/aromatic N) is 6. The summed E-state index contributed by atoms with van der Waals surface area (Å²) >= 11 is 0. The fourth-order valence-corrected chi connectivity index (χ4v) is 3.69. The predicted octanol–water partition coefficient (Wildman–Crippen LogP) is 2.75. The summed E-state index contributed by atoms with van der Waals surface area (Å²) in [7, 11) is 1.81. The first-order valence-electron chi connectivity index (χ1n) is 9.57. The molecule has 8 nitrogen and oxygen atoms in total. The van der Waals surface area contributed by atoms with E-state index in [0.717, 1.165) is 5.56 Å². The van der Waals surface area contributed by atoms with Crippen LogP contribution in [0.1, 0.15) is 5.56 Å². The number of nitrogens with two attached hydrogens (primary N) is 1. The topological polar surface area (TPSA) is 96.5 Å². The number of fused-ring (bicyclic) bond motifs is 1. The van der Waals surface area contributed by atoms with Crippen LogP contribution in [0.5, 0.6) is 0 Å². The van der Waals surface area contributed by atoms with Gasteiger partial charge < -0.3 is 10.3 Å². The number of benzene rings is 2. The summed E-state index contributed by atoms with van der Waals surface area (Å²) in [6.45, 7) is 0.384. The molecule has 31 heavy (non-hydrogen) atoms. The molecule has 0 radical (unpaired) electrons. The highest BCUT2D eigenvalue weighted by Gasteiger charge is 2.17. The van der Waals surface area contributed by atoms with E-state index >= 15 is 4.39 Å². The van der Waals surface area contributed by atoms with E-state index in [1.165, 1.54) is 28.0 Å². The summed E-state index contributed by atoms with van der Waals surface area (Å²) in [6.07, 6.45) is 4.58. The van der Waals surface area contributed by atoms with Crippen LogP contribution in [-0.2, 0) is 13.6 Å². The maximum Gasteiger partial charge on any atom is 0.350 e. The van der Waals surface area contributed by atoms with Gasteiger partial charge in [-0.3, -0.25) is 4.57 Å². The molecule has 0 amide bonds. The number of nitrogen functional groups attached to an aromatic ring is 1. The lowest BCUT2D eigenvalue weighted by Gasteiger charge is -2.06. The number of aromatic nitrogens is 6. The second kappa shape index (κ2) is 7.21. The van der Waals surface area contributed by atoms with Crippen LogP contribution in [0.15, 0.2) is 72.2 Å². The number of anilines is 1. The second-order valence-corrected chi connectivity index (χ2v) is 7.21. The third-order valence-electron chi connectivity index (χ3n) is 5.20. The summed E-state index contributed by atoms with van der Waals surface area (Å²) in [5.74, 6) is -0.224. The lowest BCUT2D eigenvalue weighted by Crippen LogP contribution is -2.24. The van der Waals surface area contributed by atoms with E-state index in [1.54, 1.807) is 22.9 Å². The van der Waals surface area contributed by atoms with E-state index in [1.807, 2.05) is 37.4 Å². The smallest absolute Gasteiger partial charge is 0.350 e. The Balaban J connectivity index is 1.54. The lowest BCUT2D eigenvalue weighted by atomic mass is 10.0. The molecule has 2 N–H and O–H groups in total. The van der Waals surface area contributed by atoms with Crippen LogP contribution in [0.4, 0.5) is 10.2 Å². The van der Waals surface area contributed by atoms with Gasteiger partial charge in [0.15, 0.2) is 0 Å². The van der Waals surface area contributed by atoms with E-state index in [-0.39, 0.29) is 11.5 Å². The Bertz CT molecular complexity index is 1470. The fourth-order valence-electron chi connectivity index (χ4n) is 3.69. The normalized spacial score (nSPS) is 11.3. The fraction of sp³-hybridized carbons (Fsp3) is 0.0909. The Morgan fingerprint density at radius 3 is 2.65 bits per heavy atom. The van der Waals surface area contributed by atoms with Crippen LogP contribution in [0.2, 0.25) is 0 Å². The van der Waals surface area contributed by atoms with E-state index in [0.29, 0.717) is 34.4 Å². The quantitative estimate of drug-likeness (QED) is 0.487. The van der Waals surface area contributed by atoms with Gasteiger partial charge in [0.2, 0.25) is 0 Å². The molecule has 0 aliphatic rings. The Kier molecular flexibility index (Phi) is 4.36. The van der Waals surface area contributed by atoms with Gasteiger partial charge in [-0.25, -0.2) is 19.2 Å². The van der Waals surface area contributed by atoms with Gasteiger partial charge in [0.1, 0.15) is 29.9 Å². The molecule has 3 aromatic heterocycles. The molecule has 2 aromatic carbocycles. The van der Waals surface area contributed by atoms with Gasteiger partial charge in [-0.1, -0.05) is 30.3 Å². The Morgan fingerprint density at radius 2 is 1.87 bits per heavy atom. The van der Waals surface area contributed by atoms with Gasteiger partial charge in [0, 0.05) is 30.4 Å². The van der Waals surface area contributed by atoms with Crippen molar-refractivity contribution in [1.29, 1.82) is 0 Å². The molecule has 154 valence electrons. The number of aryl methyl sites for hydroxylation is 1. The molecule has 0 spiro atoms. The van der Waals surface area contributed by atoms with Crippen LogP contribution in [-0.4, -0.2) is 28.9 Å². The zero-order valence-electron chi connectivity index (χ0n) is 16.6. The molecule has 0 aliphatic heterocycles. The van der Waals surface area contributed by atoms with Crippen molar-refractivity contribution < 1.29 is 4.39 Å². The third kappa shape index (κ3) is 3.16. The number of hydrogen-bond donors (Lipinski definition) is 1. The Morgan fingerprint density at radius 1 is 1.06 bits per heavy atom. The standard InChI is InChI=1S/C22H18FN7O/c1-28-11-17(19-20(24)25-12-26-21(19)28)16-8-7-15(9-18(16)23)30-22(31)29(13-27-30)10-14-5-3-2-4-6-14/h2-9,11-13H,10H2,1H3,(H2,24,25,26). The highest BCUT2D eigenvalue weighted by Crippen LogP contribution is 2.34. The molecule has 0 aliphatic carbocycles. The van der Waals surface area contributed by atoms with Crippen molar-refractivity contribution in [3.05, 3.63) is 89.2 Å². The SMILES string of the molecule is Cn1cc(-c2ccc(-n3ncn(Cc4ccccc4)c3=O)cc2F)c2c(N)ncnc21. The molecule has 9 heteroatoms. The molecule has 0 fully saturated rings. The highest BCUT2D eigenvalue weighted by atomic mass is 19.1. The predicted molar refractivity (Wildman–Crippen MR) is 115 cm³/mol. The van der Waals surface area contributed by atoms with Crippen molar-refractivity contribution in [2.24, 2.45) is 7.05 Å². The minimum Gasteiger partial charge on any atom is -0.383 e. The first kappa shape index (κ1) is 18.7. The minimum atomic E-state index is -0.502. The summed E-state index contributed by atoms with van der Waals surface area (Å²) in [5, 5.41) is 4.73. The number of halogens is 1. The van der Waals surface area contributed by atoms with Gasteiger partial charge in [0.25, 0.3) is 0 Å². The summed E-state index contributed by atoms with van der Waals surface area (Å²) < 4.78 is 19.6. The van der Waals surface area contributed by atoms with Crippen molar-refractivity contribution in [1.82, 2.24) is 28.9 Å². The van der Waals surface area contributed by atoms with E-state index < -0.39 is 5.82 Å². The summed E-state index contributed by atoms with van der Waals surface area (Å²) in [4.78, 5) is 21.0. The average molecular weight is 415 g/mol. The average Bonchev–Trinajstić information content (AvgIpc) is 3.30. The highest BCUT2D eigenvalue weighted by molar-refractivity contribution is 6.00. The molecule has 0 unspecified atom stereocenters. The van der Waals surface area contributed by atoms with Gasteiger partial charge >= 0.3 is 5.69 Å². The van der Waals surface area contributed by atoms with Gasteiger partial charge in [0.05, 0.1) is 17.6 Å². The molecule has 3 heterocycles. The van der Waals surface area contributed by atoms with Gasteiger partial charge in [-0.15, -0.1) is 0 Å². The van der Waals surface area contributed by atoms with Crippen molar-refractivity contribution in [3.8, 4) is 16.8 Å². The molecule has 5 rings (SSSR count). The molecule has 0 saturated carbocycles. The zero-order valence-corrected chi connectivity index (χ0v) is 16.6. The van der Waals surface area contributed by atoms with Crippen LogP contribution >= 0.6 is 0 Å². The molecule has 0 saturated heterocycles. The number of hydrogen-bond acceptors (Lipinski definition) is 5. The lowest BCUT2D eigenvalue weighted by molar-refractivity contribution is 0.628. The van der Waals surface area contributed by atoms with Crippen molar-refractivity contribution >= 4 is 16.9 Å². The van der Waals surface area contributed by atoms with Crippen LogP contribution < -0.4 is 11.4 Å². The van der Waals surface area contributed by atoms with E-state index in [9.17, 15) is 4.79 Å². The third-order valence-corrected chi connectivity index (χ3v) is 5.20. The molecule has 5 aromatic rings. The second-order valence-electron chi connectivity index (χ2n) is 7.21. The van der Waals surface area contributed by atoms with Crippen molar-refractivity contribution in [3.63, 3.8) is 0 Å². The van der Waals surface area contributed by atoms with Crippen LogP contribution in [0.25, 0.3) is 27.8 Å². The molecular weight excluding hydrogens is 397 g/mol. The van der Waals surface area contributed by atoms with Crippen molar-refractivity contribution in [2.45, 2.75) is 6.54 Å². The molecule has 0 atom stereocenters. The largest absolute Gasteiger partial charge is 0.383 e. The zero-order chi connectivity index (χ0) is 21.5. The number of rotatable bonds is 4. The Hall–Kier alpha value is -4.27. The maximum absolute atomic E-state index is 15.1. The van der Waals surface area contributed by atoms with Crippen molar-refractivity contribution in [2.75, 3.05) is 5.73 Å². The van der Waals surface area contributed by atoms with E-state index in [2.05, 4.69) is 15.1 Å². The maximum atomic E-state index is 15.1. The van der Waals surface area contributed by atoms with Gasteiger partial charge in [-0.05, 0) is 17.7 Å². The first-order chi connectivity index (χ1) is 15.0. The summed E-state index contributed by atoms with van der Waals surface area (Å²) in [5.41, 5.74) is 8.52. The minimum absolute atomic E-state index is 0.278. The monoisotopic (exact) mass is 415 g/mol.